The Morgan fingerprint density at radius 2 is 2.27 bits per heavy atom. The number of nitrogens with zero attached hydrogens (tertiary/aromatic N) is 1. The number of aliphatic hydroxyl groups excluding tert-OH is 1. The quantitative estimate of drug-likeness (QED) is 0.879. The van der Waals surface area contributed by atoms with E-state index in [1.54, 1.807) is 11.3 Å². The summed E-state index contributed by atoms with van der Waals surface area (Å²) in [4.78, 5) is 18.5. The van der Waals surface area contributed by atoms with Gasteiger partial charge in [-0.15, -0.1) is 22.7 Å². The monoisotopic (exact) mass is 336 g/mol. The summed E-state index contributed by atoms with van der Waals surface area (Å²) in [5.41, 5.74) is 0.751. The zero-order valence-corrected chi connectivity index (χ0v) is 14.2. The molecule has 3 rings (SSSR count). The molecule has 4 nitrogen and oxygen atoms in total. The molecule has 0 spiro atoms. The lowest BCUT2D eigenvalue weighted by molar-refractivity contribution is 0.0843. The predicted molar refractivity (Wildman–Crippen MR) is 90.5 cm³/mol. The molecule has 0 radical (unpaired) electrons. The van der Waals surface area contributed by atoms with Gasteiger partial charge in [0, 0.05) is 6.54 Å². The maximum atomic E-state index is 12.3. The van der Waals surface area contributed by atoms with E-state index in [0.29, 0.717) is 17.3 Å². The van der Waals surface area contributed by atoms with Crippen LogP contribution in [0.2, 0.25) is 0 Å². The molecule has 2 aromatic rings. The summed E-state index contributed by atoms with van der Waals surface area (Å²) in [6.45, 7) is 2.19. The van der Waals surface area contributed by atoms with Gasteiger partial charge < -0.3 is 10.4 Å². The highest BCUT2D eigenvalue weighted by Gasteiger charge is 2.24. The van der Waals surface area contributed by atoms with Gasteiger partial charge in [0.1, 0.15) is 9.88 Å². The first kappa shape index (κ1) is 15.6. The Hall–Kier alpha value is -1.24. The molecule has 2 heterocycles. The zero-order valence-electron chi connectivity index (χ0n) is 12.5. The Labute approximate surface area is 138 Å². The van der Waals surface area contributed by atoms with Crippen LogP contribution in [0.5, 0.6) is 0 Å². The summed E-state index contributed by atoms with van der Waals surface area (Å²) in [7, 11) is 0. The maximum absolute atomic E-state index is 12.3. The summed E-state index contributed by atoms with van der Waals surface area (Å²) in [6.07, 6.45) is 4.08. The van der Waals surface area contributed by atoms with Crippen molar-refractivity contribution >= 4 is 28.6 Å². The number of hydrogen-bond donors (Lipinski definition) is 2. The minimum absolute atomic E-state index is 0.130. The molecule has 1 amide bonds. The van der Waals surface area contributed by atoms with E-state index < -0.39 is 6.10 Å². The number of amides is 1. The highest BCUT2D eigenvalue weighted by Crippen LogP contribution is 2.31. The van der Waals surface area contributed by atoms with Crippen LogP contribution in [0.3, 0.4) is 0 Å². The molecule has 6 heteroatoms. The number of hydrogen-bond acceptors (Lipinski definition) is 5. The van der Waals surface area contributed by atoms with E-state index in [4.69, 9.17) is 0 Å². The Morgan fingerprint density at radius 3 is 2.95 bits per heavy atom. The van der Waals surface area contributed by atoms with E-state index in [-0.39, 0.29) is 5.91 Å². The molecule has 1 atom stereocenters. The second kappa shape index (κ2) is 6.89. The molecule has 22 heavy (non-hydrogen) atoms. The standard InChI is InChI=1S/C16H20N2O2S2/c1-10-14(22-16(18-10)13-7-4-8-21-13)15(20)17-9-12(19)11-5-2-3-6-11/h4,7-8,11-12,19H,2-3,5-6,9H2,1H3,(H,17,20). The van der Waals surface area contributed by atoms with Crippen LogP contribution in [0, 0.1) is 12.8 Å². The van der Waals surface area contributed by atoms with Gasteiger partial charge in [0.2, 0.25) is 0 Å². The lowest BCUT2D eigenvalue weighted by atomic mass is 10.0. The fraction of sp³-hybridized carbons (Fsp3) is 0.500. The van der Waals surface area contributed by atoms with Gasteiger partial charge in [0.15, 0.2) is 0 Å². The van der Waals surface area contributed by atoms with Crippen LogP contribution in [0.4, 0.5) is 0 Å². The summed E-state index contributed by atoms with van der Waals surface area (Å²) >= 11 is 3.04. The number of carbonyl (C=O) groups is 1. The number of thiazole rings is 1. The normalized spacial score (nSPS) is 16.8. The predicted octanol–water partition coefficient (Wildman–Crippen LogP) is 3.46. The number of aromatic nitrogens is 1. The Bertz CT molecular complexity index is 631. The first-order valence-corrected chi connectivity index (χ1v) is 9.32. The van der Waals surface area contributed by atoms with Crippen molar-refractivity contribution in [2.75, 3.05) is 6.54 Å². The number of rotatable bonds is 5. The first-order valence-electron chi connectivity index (χ1n) is 7.62. The molecule has 2 N–H and O–H groups in total. The SMILES string of the molecule is Cc1nc(-c2cccs2)sc1C(=O)NCC(O)C1CCCC1. The van der Waals surface area contributed by atoms with Gasteiger partial charge in [0.05, 0.1) is 16.7 Å². The van der Waals surface area contributed by atoms with Crippen molar-refractivity contribution in [2.45, 2.75) is 38.7 Å². The fourth-order valence-electron chi connectivity index (χ4n) is 2.90. The largest absolute Gasteiger partial charge is 0.391 e. The molecule has 2 aromatic heterocycles. The van der Waals surface area contributed by atoms with Crippen molar-refractivity contribution < 1.29 is 9.90 Å². The van der Waals surface area contributed by atoms with Crippen molar-refractivity contribution in [1.29, 1.82) is 0 Å². The second-order valence-electron chi connectivity index (χ2n) is 5.73. The summed E-state index contributed by atoms with van der Waals surface area (Å²) in [5.74, 6) is 0.208. The van der Waals surface area contributed by atoms with Crippen molar-refractivity contribution in [2.24, 2.45) is 5.92 Å². The van der Waals surface area contributed by atoms with Crippen molar-refractivity contribution in [3.8, 4) is 9.88 Å². The average molecular weight is 336 g/mol. The van der Waals surface area contributed by atoms with Gasteiger partial charge >= 0.3 is 0 Å². The van der Waals surface area contributed by atoms with E-state index in [2.05, 4.69) is 10.3 Å². The van der Waals surface area contributed by atoms with Gasteiger partial charge in [-0.25, -0.2) is 4.98 Å². The molecular formula is C16H20N2O2S2. The number of aryl methyl sites for hydroxylation is 1. The lowest BCUT2D eigenvalue weighted by Crippen LogP contribution is -2.35. The summed E-state index contributed by atoms with van der Waals surface area (Å²) < 4.78 is 0. The fourth-order valence-corrected chi connectivity index (χ4v) is 4.68. The maximum Gasteiger partial charge on any atom is 0.263 e. The third kappa shape index (κ3) is 3.39. The molecule has 0 aliphatic heterocycles. The van der Waals surface area contributed by atoms with Crippen molar-refractivity contribution in [3.63, 3.8) is 0 Å². The van der Waals surface area contributed by atoms with Gasteiger partial charge in [-0.3, -0.25) is 4.79 Å². The van der Waals surface area contributed by atoms with E-state index in [1.165, 1.54) is 24.2 Å². The van der Waals surface area contributed by atoms with Gasteiger partial charge in [-0.1, -0.05) is 18.9 Å². The van der Waals surface area contributed by atoms with E-state index in [0.717, 1.165) is 28.4 Å². The molecule has 1 fully saturated rings. The number of thiophene rings is 1. The Morgan fingerprint density at radius 1 is 1.50 bits per heavy atom. The van der Waals surface area contributed by atoms with Crippen molar-refractivity contribution in [1.82, 2.24) is 10.3 Å². The summed E-state index contributed by atoms with van der Waals surface area (Å²) in [6, 6.07) is 3.99. The van der Waals surface area contributed by atoms with Crippen LogP contribution < -0.4 is 5.32 Å². The molecular weight excluding hydrogens is 316 g/mol. The zero-order chi connectivity index (χ0) is 15.5. The van der Waals surface area contributed by atoms with E-state index >= 15 is 0 Å². The van der Waals surface area contributed by atoms with E-state index in [9.17, 15) is 9.90 Å². The molecule has 0 saturated heterocycles. The van der Waals surface area contributed by atoms with Crippen LogP contribution in [0.15, 0.2) is 17.5 Å². The van der Waals surface area contributed by atoms with Gasteiger partial charge in [0.25, 0.3) is 5.91 Å². The minimum Gasteiger partial charge on any atom is -0.391 e. The minimum atomic E-state index is -0.434. The molecule has 1 aliphatic rings. The van der Waals surface area contributed by atoms with Crippen LogP contribution in [-0.4, -0.2) is 28.6 Å². The van der Waals surface area contributed by atoms with Crippen molar-refractivity contribution in [3.05, 3.63) is 28.1 Å². The van der Waals surface area contributed by atoms with Gasteiger partial charge in [-0.2, -0.15) is 0 Å². The van der Waals surface area contributed by atoms with Crippen LogP contribution >= 0.6 is 22.7 Å². The lowest BCUT2D eigenvalue weighted by Gasteiger charge is -2.17. The molecule has 118 valence electrons. The topological polar surface area (TPSA) is 62.2 Å². The highest BCUT2D eigenvalue weighted by atomic mass is 32.1. The third-order valence-corrected chi connectivity index (χ3v) is 6.35. The number of aliphatic hydroxyl groups is 1. The van der Waals surface area contributed by atoms with Crippen LogP contribution in [-0.2, 0) is 0 Å². The smallest absolute Gasteiger partial charge is 0.263 e. The number of carbonyl (C=O) groups excluding carboxylic acids is 1. The molecule has 1 aliphatic carbocycles. The second-order valence-corrected chi connectivity index (χ2v) is 7.68. The first-order chi connectivity index (χ1) is 10.6. The Balaban J connectivity index is 1.62. The molecule has 0 aromatic carbocycles. The summed E-state index contributed by atoms with van der Waals surface area (Å²) in [5, 5.41) is 15.9. The highest BCUT2D eigenvalue weighted by molar-refractivity contribution is 7.22. The van der Waals surface area contributed by atoms with Crippen LogP contribution in [0.1, 0.15) is 41.0 Å². The van der Waals surface area contributed by atoms with E-state index in [1.807, 2.05) is 24.4 Å². The van der Waals surface area contributed by atoms with Gasteiger partial charge in [-0.05, 0) is 37.1 Å². The molecule has 1 saturated carbocycles. The molecule has 0 bridgehead atoms. The number of nitrogens with one attached hydrogen (secondary N) is 1. The average Bonchev–Trinajstić information content (AvgIpc) is 3.23. The Kier molecular flexibility index (Phi) is 4.90. The molecule has 1 unspecified atom stereocenters. The van der Waals surface area contributed by atoms with Crippen LogP contribution in [0.25, 0.3) is 9.88 Å². The third-order valence-electron chi connectivity index (χ3n) is 4.15.